The Labute approximate surface area is 141 Å². The van der Waals surface area contributed by atoms with E-state index in [0.717, 1.165) is 11.3 Å². The standard InChI is InChI=1S/C12H15ClN2O2.C4H8O2/c1-3-11(8-17-9(2)16)14-6-10-4-5-12(13)15-7-10;1-4(2)6-3-5/h3-5,7,14H,6,8H2,1-2H3;3-4H,1-2H3. The molecule has 0 unspecified atom stereocenters. The molecule has 128 valence electrons. The average molecular weight is 343 g/mol. The minimum absolute atomic E-state index is 0.0301. The Morgan fingerprint density at radius 1 is 1.43 bits per heavy atom. The quantitative estimate of drug-likeness (QED) is 0.466. The number of carbonyl (C=O) groups is 2. The number of ether oxygens (including phenoxy) is 2. The maximum Gasteiger partial charge on any atom is 0.303 e. The Balaban J connectivity index is 0.000000688. The minimum Gasteiger partial charge on any atom is -0.465 e. The van der Waals surface area contributed by atoms with Crippen LogP contribution in [0.1, 0.15) is 33.3 Å². The number of hydrogen-bond donors (Lipinski definition) is 1. The lowest BCUT2D eigenvalue weighted by atomic mass is 10.3. The molecule has 6 nitrogen and oxygen atoms in total. The second-order valence-electron chi connectivity index (χ2n) is 4.72. The number of allylic oxidation sites excluding steroid dienone is 1. The zero-order chi connectivity index (χ0) is 17.7. The van der Waals surface area contributed by atoms with Crippen LogP contribution in [-0.4, -0.2) is 30.1 Å². The van der Waals surface area contributed by atoms with Crippen molar-refractivity contribution in [2.75, 3.05) is 6.61 Å². The SMILES string of the molecule is CC(C)OC=O.CC=C(COC(C)=O)NCc1ccc(Cl)nc1. The molecule has 0 aliphatic rings. The van der Waals surface area contributed by atoms with Crippen molar-refractivity contribution < 1.29 is 19.1 Å². The lowest BCUT2D eigenvalue weighted by molar-refractivity contribution is -0.140. The van der Waals surface area contributed by atoms with Crippen molar-refractivity contribution >= 4 is 24.0 Å². The average Bonchev–Trinajstić information content (AvgIpc) is 2.49. The van der Waals surface area contributed by atoms with Crippen molar-refractivity contribution in [3.05, 3.63) is 40.8 Å². The molecule has 0 radical (unpaired) electrons. The summed E-state index contributed by atoms with van der Waals surface area (Å²) >= 11 is 5.69. The van der Waals surface area contributed by atoms with Gasteiger partial charge in [0.25, 0.3) is 6.47 Å². The fourth-order valence-electron chi connectivity index (χ4n) is 1.25. The highest BCUT2D eigenvalue weighted by Gasteiger charge is 2.00. The van der Waals surface area contributed by atoms with Crippen molar-refractivity contribution in [1.82, 2.24) is 10.3 Å². The van der Waals surface area contributed by atoms with Crippen molar-refractivity contribution in [3.8, 4) is 0 Å². The summed E-state index contributed by atoms with van der Waals surface area (Å²) in [7, 11) is 0. The predicted octanol–water partition coefficient (Wildman–Crippen LogP) is 2.86. The van der Waals surface area contributed by atoms with E-state index in [2.05, 4.69) is 15.0 Å². The lowest BCUT2D eigenvalue weighted by Gasteiger charge is -2.10. The highest BCUT2D eigenvalue weighted by atomic mass is 35.5. The Morgan fingerprint density at radius 3 is 2.52 bits per heavy atom. The molecule has 1 aromatic heterocycles. The van der Waals surface area contributed by atoms with Gasteiger partial charge in [-0.05, 0) is 32.4 Å². The Morgan fingerprint density at radius 2 is 2.13 bits per heavy atom. The molecule has 0 aliphatic carbocycles. The number of aromatic nitrogens is 1. The van der Waals surface area contributed by atoms with Gasteiger partial charge in [0.1, 0.15) is 11.8 Å². The lowest BCUT2D eigenvalue weighted by Crippen LogP contribution is -2.18. The molecule has 1 rings (SSSR count). The number of hydrogen-bond acceptors (Lipinski definition) is 6. The van der Waals surface area contributed by atoms with Gasteiger partial charge in [0.15, 0.2) is 0 Å². The topological polar surface area (TPSA) is 77.5 Å². The molecular formula is C16H23ClN2O4. The third-order valence-corrected chi connectivity index (χ3v) is 2.64. The molecule has 1 heterocycles. The van der Waals surface area contributed by atoms with Crippen LogP contribution in [0.5, 0.6) is 0 Å². The summed E-state index contributed by atoms with van der Waals surface area (Å²) in [5, 5.41) is 3.63. The highest BCUT2D eigenvalue weighted by molar-refractivity contribution is 6.29. The van der Waals surface area contributed by atoms with Gasteiger partial charge in [-0.1, -0.05) is 23.7 Å². The Kier molecular flexibility index (Phi) is 11.3. The molecule has 0 aromatic carbocycles. The zero-order valence-corrected chi connectivity index (χ0v) is 14.6. The van der Waals surface area contributed by atoms with Crippen LogP contribution in [0.4, 0.5) is 0 Å². The van der Waals surface area contributed by atoms with Crippen molar-refractivity contribution in [3.63, 3.8) is 0 Å². The van der Waals surface area contributed by atoms with Gasteiger partial charge in [-0.3, -0.25) is 9.59 Å². The van der Waals surface area contributed by atoms with Crippen molar-refractivity contribution in [1.29, 1.82) is 0 Å². The predicted molar refractivity (Wildman–Crippen MR) is 88.8 cm³/mol. The smallest absolute Gasteiger partial charge is 0.303 e. The summed E-state index contributed by atoms with van der Waals surface area (Å²) in [5.74, 6) is -0.292. The third kappa shape index (κ3) is 12.2. The highest BCUT2D eigenvalue weighted by Crippen LogP contribution is 2.05. The van der Waals surface area contributed by atoms with Gasteiger partial charge >= 0.3 is 5.97 Å². The molecule has 0 saturated heterocycles. The molecule has 1 aromatic rings. The molecule has 0 amide bonds. The number of rotatable bonds is 7. The first-order valence-corrected chi connectivity index (χ1v) is 7.48. The van der Waals surface area contributed by atoms with Crippen molar-refractivity contribution in [2.45, 2.75) is 40.3 Å². The monoisotopic (exact) mass is 342 g/mol. The van der Waals surface area contributed by atoms with Crippen molar-refractivity contribution in [2.24, 2.45) is 0 Å². The van der Waals surface area contributed by atoms with Gasteiger partial charge in [0.2, 0.25) is 0 Å². The number of nitrogens with one attached hydrogen (secondary N) is 1. The van der Waals surface area contributed by atoms with Gasteiger partial charge in [0, 0.05) is 25.4 Å². The van der Waals surface area contributed by atoms with Crippen LogP contribution in [0.25, 0.3) is 0 Å². The van der Waals surface area contributed by atoms with E-state index in [-0.39, 0.29) is 18.7 Å². The molecule has 1 N–H and O–H groups in total. The van der Waals surface area contributed by atoms with Gasteiger partial charge in [-0.15, -0.1) is 0 Å². The Hall–Kier alpha value is -2.08. The van der Waals surface area contributed by atoms with E-state index in [9.17, 15) is 9.59 Å². The first kappa shape index (κ1) is 20.9. The van der Waals surface area contributed by atoms with E-state index in [1.165, 1.54) is 6.92 Å². The van der Waals surface area contributed by atoms with Gasteiger partial charge in [0.05, 0.1) is 6.10 Å². The van der Waals surface area contributed by atoms with E-state index in [1.807, 2.05) is 19.1 Å². The fraction of sp³-hybridized carbons (Fsp3) is 0.438. The van der Waals surface area contributed by atoms with Gasteiger partial charge in [-0.25, -0.2) is 4.98 Å². The first-order valence-electron chi connectivity index (χ1n) is 7.11. The van der Waals surface area contributed by atoms with E-state index >= 15 is 0 Å². The molecule has 0 spiro atoms. The summed E-state index contributed by atoms with van der Waals surface area (Å²) < 4.78 is 9.26. The summed E-state index contributed by atoms with van der Waals surface area (Å²) in [6.45, 7) is 8.19. The molecule has 0 atom stereocenters. The second-order valence-corrected chi connectivity index (χ2v) is 5.11. The van der Waals surface area contributed by atoms with Gasteiger partial charge in [-0.2, -0.15) is 0 Å². The normalized spacial score (nSPS) is 10.4. The molecule has 0 fully saturated rings. The van der Waals surface area contributed by atoms with Crippen LogP contribution in [0, 0.1) is 0 Å². The second kappa shape index (κ2) is 12.5. The zero-order valence-electron chi connectivity index (χ0n) is 13.8. The first-order chi connectivity index (χ1) is 10.9. The molecule has 0 bridgehead atoms. The summed E-state index contributed by atoms with van der Waals surface area (Å²) in [6.07, 6.45) is 3.60. The molecule has 0 saturated carbocycles. The van der Waals surface area contributed by atoms with Crippen LogP contribution >= 0.6 is 11.6 Å². The van der Waals surface area contributed by atoms with Crippen LogP contribution in [0.15, 0.2) is 30.1 Å². The number of pyridine rings is 1. The number of carbonyl (C=O) groups excluding carboxylic acids is 2. The van der Waals surface area contributed by atoms with Gasteiger partial charge < -0.3 is 14.8 Å². The number of nitrogens with zero attached hydrogens (tertiary/aromatic N) is 1. The third-order valence-electron chi connectivity index (χ3n) is 2.42. The van der Waals surface area contributed by atoms with Crippen LogP contribution in [0.2, 0.25) is 5.15 Å². The molecule has 0 aliphatic heterocycles. The molecule has 23 heavy (non-hydrogen) atoms. The largest absolute Gasteiger partial charge is 0.465 e. The Bertz CT molecular complexity index is 501. The van der Waals surface area contributed by atoms with Crippen LogP contribution in [-0.2, 0) is 25.6 Å². The number of halogens is 1. The maximum absolute atomic E-state index is 10.7. The molecular weight excluding hydrogens is 320 g/mol. The van der Waals surface area contributed by atoms with Crippen LogP contribution in [0.3, 0.4) is 0 Å². The van der Waals surface area contributed by atoms with E-state index in [0.29, 0.717) is 18.2 Å². The van der Waals surface area contributed by atoms with E-state index < -0.39 is 0 Å². The summed E-state index contributed by atoms with van der Waals surface area (Å²) in [6, 6.07) is 3.63. The fourth-order valence-corrected chi connectivity index (χ4v) is 1.37. The molecule has 7 heteroatoms. The van der Waals surface area contributed by atoms with E-state index in [1.54, 1.807) is 26.1 Å². The summed E-state index contributed by atoms with van der Waals surface area (Å²) in [4.78, 5) is 24.0. The maximum atomic E-state index is 10.7. The van der Waals surface area contributed by atoms with Crippen LogP contribution < -0.4 is 5.32 Å². The number of esters is 1. The minimum atomic E-state index is -0.292. The van der Waals surface area contributed by atoms with E-state index in [4.69, 9.17) is 16.3 Å². The summed E-state index contributed by atoms with van der Waals surface area (Å²) in [5.41, 5.74) is 1.87.